The predicted molar refractivity (Wildman–Crippen MR) is 185 cm³/mol. The molecule has 290 valence electrons. The summed E-state index contributed by atoms with van der Waals surface area (Å²) >= 11 is 0. The monoisotopic (exact) mass is 733 g/mol. The molecule has 14 heteroatoms. The highest BCUT2D eigenvalue weighted by molar-refractivity contribution is 7.86. The summed E-state index contributed by atoms with van der Waals surface area (Å²) in [5.74, 6) is -4.12. The number of carbonyl (C=O) groups is 3. The fraction of sp³-hybridized carbons (Fsp3) is 0.917. The van der Waals surface area contributed by atoms with E-state index < -0.39 is 81.7 Å². The van der Waals surface area contributed by atoms with Gasteiger partial charge in [0, 0.05) is 50.7 Å². The lowest BCUT2D eigenvalue weighted by Crippen LogP contribution is -2.59. The van der Waals surface area contributed by atoms with E-state index in [2.05, 4.69) is 0 Å². The zero-order valence-electron chi connectivity index (χ0n) is 32.3. The molecule has 2 unspecified atom stereocenters. The molecule has 1 saturated carbocycles. The van der Waals surface area contributed by atoms with Crippen molar-refractivity contribution in [2.24, 2.45) is 35.0 Å². The third kappa shape index (κ3) is 9.45. The van der Waals surface area contributed by atoms with E-state index in [1.807, 2.05) is 53.6 Å². The van der Waals surface area contributed by atoms with E-state index in [0.717, 1.165) is 6.26 Å². The number of methoxy groups -OCH3 is 1. The molecule has 0 aromatic carbocycles. The van der Waals surface area contributed by atoms with E-state index in [4.69, 9.17) is 27.9 Å². The zero-order chi connectivity index (χ0) is 38.1. The van der Waals surface area contributed by atoms with Gasteiger partial charge in [-0.05, 0) is 65.5 Å². The molecule has 0 aromatic heterocycles. The van der Waals surface area contributed by atoms with Gasteiger partial charge in [-0.2, -0.15) is 8.42 Å². The molecule has 3 aliphatic rings. The van der Waals surface area contributed by atoms with Crippen molar-refractivity contribution < 1.29 is 55.8 Å². The number of aliphatic hydroxyl groups is 1. The third-order valence-electron chi connectivity index (χ3n) is 11.9. The van der Waals surface area contributed by atoms with Crippen molar-refractivity contribution in [2.45, 2.75) is 149 Å². The first-order valence-electron chi connectivity index (χ1n) is 18.0. The molecule has 3 rings (SSSR count). The summed E-state index contributed by atoms with van der Waals surface area (Å²) in [6.07, 6.45) is -3.66. The van der Waals surface area contributed by atoms with E-state index >= 15 is 0 Å². The molecule has 1 N–H and O–H groups in total. The van der Waals surface area contributed by atoms with Crippen molar-refractivity contribution in [1.29, 1.82) is 0 Å². The lowest BCUT2D eigenvalue weighted by Gasteiger charge is -2.49. The number of fused-ring (bicyclic) bond motifs is 1. The van der Waals surface area contributed by atoms with Gasteiger partial charge in [-0.25, -0.2) is 0 Å². The van der Waals surface area contributed by atoms with Crippen LogP contribution in [-0.2, 0) is 52.4 Å². The topological polar surface area (TPSA) is 164 Å². The quantitative estimate of drug-likeness (QED) is 0.284. The Bertz CT molecular complexity index is 1310. The average Bonchev–Trinajstić information content (AvgIpc) is 3.33. The molecule has 0 bridgehead atoms. The SMILES string of the molecule is CC[C@H]1OC(=O)[C@H](C)[C@@H](OS(C)(=O)=O)[C@H](C)[C@@H](O[C@@H]2O[C@H](C)C(N(C)C)C[C@H]2OC(C)=O)[C@](C)(OC)C[C@@H](C)C(O)[C@H](C)[C@H]2CC(=O)C[C@@]21C. The molecular weight excluding hydrogens is 670 g/mol. The molecule has 2 saturated heterocycles. The number of carbonyl (C=O) groups excluding carboxylic acids is 3. The van der Waals surface area contributed by atoms with E-state index in [-0.39, 0.29) is 54.9 Å². The molecular formula is C36H63NO12S. The van der Waals surface area contributed by atoms with Gasteiger partial charge in [-0.1, -0.05) is 34.6 Å². The minimum absolute atomic E-state index is 0.0405. The van der Waals surface area contributed by atoms with Crippen LogP contribution in [0.3, 0.4) is 0 Å². The maximum absolute atomic E-state index is 14.1. The number of aliphatic hydroxyl groups excluding tert-OH is 1. The maximum atomic E-state index is 14.1. The Balaban J connectivity index is 2.21. The fourth-order valence-electron chi connectivity index (χ4n) is 9.11. The van der Waals surface area contributed by atoms with Crippen LogP contribution in [0.4, 0.5) is 0 Å². The Morgan fingerprint density at radius 3 is 2.22 bits per heavy atom. The van der Waals surface area contributed by atoms with Crippen LogP contribution in [0, 0.1) is 35.0 Å². The smallest absolute Gasteiger partial charge is 0.311 e. The average molecular weight is 734 g/mol. The Morgan fingerprint density at radius 2 is 1.70 bits per heavy atom. The molecule has 1 aliphatic carbocycles. The van der Waals surface area contributed by atoms with Gasteiger partial charge in [0.05, 0.1) is 42.2 Å². The van der Waals surface area contributed by atoms with Crippen LogP contribution >= 0.6 is 0 Å². The highest BCUT2D eigenvalue weighted by Gasteiger charge is 2.56. The Kier molecular flexibility index (Phi) is 14.1. The second-order valence-electron chi connectivity index (χ2n) is 16.0. The lowest BCUT2D eigenvalue weighted by atomic mass is 9.65. The van der Waals surface area contributed by atoms with E-state index in [9.17, 15) is 27.9 Å². The second-order valence-corrected chi connectivity index (χ2v) is 17.6. The van der Waals surface area contributed by atoms with Gasteiger partial charge in [-0.15, -0.1) is 0 Å². The zero-order valence-corrected chi connectivity index (χ0v) is 33.2. The van der Waals surface area contributed by atoms with E-state index in [0.29, 0.717) is 12.8 Å². The first-order valence-corrected chi connectivity index (χ1v) is 19.8. The number of rotatable bonds is 8. The van der Waals surface area contributed by atoms with Crippen molar-refractivity contribution in [3.8, 4) is 0 Å². The summed E-state index contributed by atoms with van der Waals surface area (Å²) in [7, 11) is 1.21. The summed E-state index contributed by atoms with van der Waals surface area (Å²) in [5, 5.41) is 11.9. The number of esters is 2. The van der Waals surface area contributed by atoms with Crippen LogP contribution in [0.15, 0.2) is 0 Å². The van der Waals surface area contributed by atoms with Crippen LogP contribution in [-0.4, -0.2) is 118 Å². The van der Waals surface area contributed by atoms with Crippen molar-refractivity contribution in [2.75, 3.05) is 27.5 Å². The number of ketones is 1. The molecule has 2 heterocycles. The number of hydrogen-bond acceptors (Lipinski definition) is 13. The molecule has 0 radical (unpaired) electrons. The van der Waals surface area contributed by atoms with Crippen molar-refractivity contribution in [3.63, 3.8) is 0 Å². The van der Waals surface area contributed by atoms with Gasteiger partial charge in [-0.3, -0.25) is 18.6 Å². The van der Waals surface area contributed by atoms with Gasteiger partial charge in [0.2, 0.25) is 0 Å². The standard InChI is InChI=1S/C36H63NO12S/c1-14-29-35(8)18-25(39)15-26(35)20(3)30(40)19(2)17-36(9,44-12)32(21(4)31(49-50(13,42)43)22(5)33(41)47-29)48-34-28(46-24(7)38)16-27(37(10)11)23(6)45-34/h19-23,26-32,34,40H,14-18H2,1-13H3/t19-,20-,21+,22-,23-,26-,27?,28-,29-,30?,31+,32-,34+,35+,36-/m1/s1. The molecule has 15 atom stereocenters. The van der Waals surface area contributed by atoms with E-state index in [1.165, 1.54) is 14.0 Å². The number of Topliss-reactive ketones (excluding diaryl/α,β-unsaturated/α-hetero) is 1. The van der Waals surface area contributed by atoms with E-state index in [1.54, 1.807) is 20.8 Å². The minimum atomic E-state index is -4.12. The van der Waals surface area contributed by atoms with Crippen LogP contribution in [0.5, 0.6) is 0 Å². The summed E-state index contributed by atoms with van der Waals surface area (Å²) in [4.78, 5) is 41.3. The molecule has 50 heavy (non-hydrogen) atoms. The maximum Gasteiger partial charge on any atom is 0.311 e. The lowest BCUT2D eigenvalue weighted by molar-refractivity contribution is -0.302. The Morgan fingerprint density at radius 1 is 1.08 bits per heavy atom. The number of ether oxygens (including phenoxy) is 5. The summed E-state index contributed by atoms with van der Waals surface area (Å²) in [6, 6.07) is -0.0955. The van der Waals surface area contributed by atoms with Gasteiger partial charge in [0.15, 0.2) is 12.4 Å². The van der Waals surface area contributed by atoms with Gasteiger partial charge in [0.25, 0.3) is 10.1 Å². The molecule has 3 fully saturated rings. The summed E-state index contributed by atoms with van der Waals surface area (Å²) in [5.41, 5.74) is -1.97. The molecule has 13 nitrogen and oxygen atoms in total. The normalized spacial score (nSPS) is 43.9. The highest BCUT2D eigenvalue weighted by Crippen LogP contribution is 2.52. The fourth-order valence-corrected chi connectivity index (χ4v) is 9.86. The Labute approximate surface area is 299 Å². The largest absolute Gasteiger partial charge is 0.461 e. The number of likely N-dealkylation sites (N-methyl/N-ethyl adjacent to an activating group) is 1. The number of cyclic esters (lactones) is 1. The van der Waals surface area contributed by atoms with Crippen LogP contribution in [0.25, 0.3) is 0 Å². The van der Waals surface area contributed by atoms with Crippen molar-refractivity contribution in [3.05, 3.63) is 0 Å². The third-order valence-corrected chi connectivity index (χ3v) is 12.4. The van der Waals surface area contributed by atoms with Crippen molar-refractivity contribution >= 4 is 27.8 Å². The van der Waals surface area contributed by atoms with Gasteiger partial charge >= 0.3 is 11.9 Å². The molecule has 2 aliphatic heterocycles. The number of nitrogens with zero attached hydrogens (tertiary/aromatic N) is 1. The molecule has 0 aromatic rings. The predicted octanol–water partition coefficient (Wildman–Crippen LogP) is 3.73. The van der Waals surface area contributed by atoms with Crippen molar-refractivity contribution in [1.82, 2.24) is 4.90 Å². The van der Waals surface area contributed by atoms with Crippen LogP contribution in [0.1, 0.15) is 94.4 Å². The first kappa shape index (κ1) is 42.7. The second kappa shape index (κ2) is 16.6. The Hall–Kier alpha value is -1.68. The summed E-state index contributed by atoms with van der Waals surface area (Å²) in [6.45, 7) is 16.0. The molecule has 0 amide bonds. The highest BCUT2D eigenvalue weighted by atomic mass is 32.2. The van der Waals surface area contributed by atoms with Crippen LogP contribution < -0.4 is 0 Å². The van der Waals surface area contributed by atoms with Crippen LogP contribution in [0.2, 0.25) is 0 Å². The molecule has 0 spiro atoms. The van der Waals surface area contributed by atoms with Gasteiger partial charge in [0.1, 0.15) is 11.9 Å². The minimum Gasteiger partial charge on any atom is -0.461 e. The first-order chi connectivity index (χ1) is 23.0. The summed E-state index contributed by atoms with van der Waals surface area (Å²) < 4.78 is 62.7. The van der Waals surface area contributed by atoms with Gasteiger partial charge < -0.3 is 33.7 Å². The number of hydrogen-bond donors (Lipinski definition) is 1.